The topological polar surface area (TPSA) is 15.8 Å². The highest BCUT2D eigenvalue weighted by Gasteiger charge is 2.52. The van der Waals surface area contributed by atoms with Gasteiger partial charge >= 0.3 is 0 Å². The van der Waals surface area contributed by atoms with Gasteiger partial charge in [-0.1, -0.05) is 30.3 Å². The first-order valence-corrected chi connectivity index (χ1v) is 7.15. The Kier molecular flexibility index (Phi) is 3.40. The van der Waals surface area contributed by atoms with E-state index in [1.807, 2.05) is 0 Å². The number of ether oxygens (including phenoxy) is 1. The van der Waals surface area contributed by atoms with Crippen LogP contribution in [-0.2, 0) is 11.2 Å². The Labute approximate surface area is 110 Å². The zero-order valence-corrected chi connectivity index (χ0v) is 11.3. The summed E-state index contributed by atoms with van der Waals surface area (Å²) in [5, 5.41) is 0. The van der Waals surface area contributed by atoms with Crippen molar-refractivity contribution in [2.45, 2.75) is 31.3 Å². The van der Waals surface area contributed by atoms with Crippen molar-refractivity contribution >= 4 is 0 Å². The molecule has 2 nitrogen and oxygen atoms in total. The van der Waals surface area contributed by atoms with Crippen LogP contribution in [0, 0.1) is 5.92 Å². The second-order valence-corrected chi connectivity index (χ2v) is 5.94. The minimum atomic E-state index is 0.281. The maximum Gasteiger partial charge on any atom is 0.0968 e. The van der Waals surface area contributed by atoms with Crippen molar-refractivity contribution in [2.75, 3.05) is 26.7 Å². The van der Waals surface area contributed by atoms with Crippen molar-refractivity contribution in [1.82, 2.24) is 4.90 Å². The molecule has 2 heterocycles. The van der Waals surface area contributed by atoms with Gasteiger partial charge in [-0.3, -0.25) is 0 Å². The van der Waals surface area contributed by atoms with Crippen LogP contribution in [-0.4, -0.2) is 37.2 Å². The second-order valence-electron chi connectivity index (χ2n) is 5.94. The highest BCUT2D eigenvalue weighted by molar-refractivity contribution is 5.14. The molecule has 1 spiro atoms. The van der Waals surface area contributed by atoms with Crippen molar-refractivity contribution in [3.05, 3.63) is 35.9 Å². The van der Waals surface area contributed by atoms with Gasteiger partial charge in [0.15, 0.2) is 0 Å². The van der Waals surface area contributed by atoms with Crippen LogP contribution in [0.2, 0.25) is 0 Å². The number of nitrogens with zero attached hydrogens (tertiary/aromatic N) is 1. The predicted molar refractivity (Wildman–Crippen MR) is 73.7 cm³/mol. The summed E-state index contributed by atoms with van der Waals surface area (Å²) in [5.74, 6) is 0.750. The number of piperidine rings is 1. The maximum atomic E-state index is 5.77. The van der Waals surface area contributed by atoms with Crippen molar-refractivity contribution in [2.24, 2.45) is 5.92 Å². The fourth-order valence-corrected chi connectivity index (χ4v) is 3.24. The van der Waals surface area contributed by atoms with E-state index in [4.69, 9.17) is 4.74 Å². The first kappa shape index (κ1) is 12.2. The molecule has 3 rings (SSSR count). The molecular formula is C16H23NO. The highest BCUT2D eigenvalue weighted by Crippen LogP contribution is 2.44. The monoisotopic (exact) mass is 245 g/mol. The molecular weight excluding hydrogens is 222 g/mol. The molecule has 2 fully saturated rings. The van der Waals surface area contributed by atoms with E-state index >= 15 is 0 Å². The molecule has 2 atom stereocenters. The molecule has 0 N–H and O–H groups in total. The van der Waals surface area contributed by atoms with Crippen molar-refractivity contribution < 1.29 is 4.74 Å². The van der Waals surface area contributed by atoms with Crippen LogP contribution >= 0.6 is 0 Å². The molecule has 0 bridgehead atoms. The fourth-order valence-electron chi connectivity index (χ4n) is 3.24. The van der Waals surface area contributed by atoms with Gasteiger partial charge in [0.2, 0.25) is 0 Å². The number of hydrogen-bond donors (Lipinski definition) is 0. The third-order valence-electron chi connectivity index (χ3n) is 4.57. The molecule has 18 heavy (non-hydrogen) atoms. The minimum Gasteiger partial charge on any atom is -0.369 e. The lowest BCUT2D eigenvalue weighted by Crippen LogP contribution is -2.43. The minimum absolute atomic E-state index is 0.281. The molecule has 0 aromatic heterocycles. The Morgan fingerprint density at radius 2 is 2.11 bits per heavy atom. The fraction of sp³-hybridized carbons (Fsp3) is 0.625. The van der Waals surface area contributed by atoms with Gasteiger partial charge in [-0.05, 0) is 38.3 Å². The Balaban J connectivity index is 1.50. The standard InChI is InChI=1S/C16H23NO/c1-17-11-10-16(13-18-16)15(12-17)9-5-8-14-6-3-2-4-7-14/h2-4,6-7,15H,5,8-13H2,1H3. The number of rotatable bonds is 4. The maximum absolute atomic E-state index is 5.77. The van der Waals surface area contributed by atoms with Gasteiger partial charge in [-0.15, -0.1) is 0 Å². The summed E-state index contributed by atoms with van der Waals surface area (Å²) in [7, 11) is 2.24. The van der Waals surface area contributed by atoms with E-state index in [0.29, 0.717) is 0 Å². The first-order valence-electron chi connectivity index (χ1n) is 7.15. The molecule has 1 aromatic carbocycles. The summed E-state index contributed by atoms with van der Waals surface area (Å²) >= 11 is 0. The number of likely N-dealkylation sites (tertiary alicyclic amines) is 1. The molecule has 1 aromatic rings. The summed E-state index contributed by atoms with van der Waals surface area (Å²) in [4.78, 5) is 2.46. The van der Waals surface area contributed by atoms with E-state index in [9.17, 15) is 0 Å². The lowest BCUT2D eigenvalue weighted by molar-refractivity contribution is 0.0938. The summed E-state index contributed by atoms with van der Waals surface area (Å²) in [6, 6.07) is 10.8. The van der Waals surface area contributed by atoms with E-state index in [1.165, 1.54) is 44.3 Å². The summed E-state index contributed by atoms with van der Waals surface area (Å²) in [5.41, 5.74) is 1.75. The Morgan fingerprint density at radius 3 is 2.83 bits per heavy atom. The van der Waals surface area contributed by atoms with Crippen LogP contribution in [0.1, 0.15) is 24.8 Å². The number of hydrogen-bond acceptors (Lipinski definition) is 2. The number of aryl methyl sites for hydroxylation is 1. The molecule has 2 aliphatic rings. The molecule has 2 heteroatoms. The Bertz CT molecular complexity index is 385. The first-order chi connectivity index (χ1) is 8.78. The molecule has 0 aliphatic carbocycles. The summed E-state index contributed by atoms with van der Waals surface area (Å²) in [6.07, 6.45) is 5.03. The molecule has 2 saturated heterocycles. The van der Waals surface area contributed by atoms with Gasteiger partial charge in [0.1, 0.15) is 0 Å². The van der Waals surface area contributed by atoms with Crippen LogP contribution in [0.15, 0.2) is 30.3 Å². The van der Waals surface area contributed by atoms with Gasteiger partial charge in [0, 0.05) is 19.0 Å². The SMILES string of the molecule is CN1CCC2(CO2)C(CCCc2ccccc2)C1. The lowest BCUT2D eigenvalue weighted by Gasteiger charge is -2.35. The lowest BCUT2D eigenvalue weighted by atomic mass is 9.82. The number of benzene rings is 1. The average Bonchev–Trinajstić information content (AvgIpc) is 3.16. The van der Waals surface area contributed by atoms with Crippen molar-refractivity contribution in [3.63, 3.8) is 0 Å². The van der Waals surface area contributed by atoms with Gasteiger partial charge < -0.3 is 9.64 Å². The second kappa shape index (κ2) is 5.02. The van der Waals surface area contributed by atoms with Gasteiger partial charge in [0.25, 0.3) is 0 Å². The van der Waals surface area contributed by atoms with Crippen molar-refractivity contribution in [3.8, 4) is 0 Å². The molecule has 2 unspecified atom stereocenters. The van der Waals surface area contributed by atoms with Crippen LogP contribution in [0.5, 0.6) is 0 Å². The van der Waals surface area contributed by atoms with Gasteiger partial charge in [0.05, 0.1) is 12.2 Å². The third-order valence-corrected chi connectivity index (χ3v) is 4.57. The largest absolute Gasteiger partial charge is 0.369 e. The molecule has 2 aliphatic heterocycles. The van der Waals surface area contributed by atoms with Gasteiger partial charge in [-0.2, -0.15) is 0 Å². The predicted octanol–water partition coefficient (Wildman–Crippen LogP) is 2.73. The summed E-state index contributed by atoms with van der Waals surface area (Å²) < 4.78 is 5.77. The van der Waals surface area contributed by atoms with E-state index in [-0.39, 0.29) is 5.60 Å². The van der Waals surface area contributed by atoms with Crippen LogP contribution in [0.3, 0.4) is 0 Å². The molecule has 0 saturated carbocycles. The van der Waals surface area contributed by atoms with E-state index < -0.39 is 0 Å². The summed E-state index contributed by atoms with van der Waals surface area (Å²) in [6.45, 7) is 3.43. The van der Waals surface area contributed by atoms with Crippen LogP contribution in [0.4, 0.5) is 0 Å². The third kappa shape index (κ3) is 2.60. The smallest absolute Gasteiger partial charge is 0.0968 e. The Morgan fingerprint density at radius 1 is 1.33 bits per heavy atom. The Hall–Kier alpha value is -0.860. The molecule has 98 valence electrons. The van der Waals surface area contributed by atoms with E-state index in [1.54, 1.807) is 0 Å². The van der Waals surface area contributed by atoms with Crippen LogP contribution < -0.4 is 0 Å². The zero-order valence-electron chi connectivity index (χ0n) is 11.3. The molecule has 0 radical (unpaired) electrons. The van der Waals surface area contributed by atoms with E-state index in [0.717, 1.165) is 12.5 Å². The van der Waals surface area contributed by atoms with Crippen LogP contribution in [0.25, 0.3) is 0 Å². The average molecular weight is 245 g/mol. The van der Waals surface area contributed by atoms with E-state index in [2.05, 4.69) is 42.3 Å². The molecule has 0 amide bonds. The zero-order chi connectivity index (χ0) is 12.4. The van der Waals surface area contributed by atoms with Gasteiger partial charge in [-0.25, -0.2) is 0 Å². The number of epoxide rings is 1. The quantitative estimate of drug-likeness (QED) is 0.758. The highest BCUT2D eigenvalue weighted by atomic mass is 16.6. The normalized spacial score (nSPS) is 31.7. The van der Waals surface area contributed by atoms with Crippen molar-refractivity contribution in [1.29, 1.82) is 0 Å².